The number of fused-ring (bicyclic) bond motifs is 1. The van der Waals surface area contributed by atoms with Crippen LogP contribution in [-0.2, 0) is 33.6 Å². The number of cyclic esters (lactones) is 1. The molecule has 2 fully saturated rings. The van der Waals surface area contributed by atoms with Crippen molar-refractivity contribution >= 4 is 17.5 Å². The van der Waals surface area contributed by atoms with E-state index in [2.05, 4.69) is 33.0 Å². The van der Waals surface area contributed by atoms with Gasteiger partial charge in [-0.3, -0.25) is 14.6 Å². The zero-order valence-electron chi connectivity index (χ0n) is 21.9. The van der Waals surface area contributed by atoms with Gasteiger partial charge in [0.1, 0.15) is 17.3 Å². The van der Waals surface area contributed by atoms with Gasteiger partial charge in [0.15, 0.2) is 11.6 Å². The zero-order valence-corrected chi connectivity index (χ0v) is 21.9. The fourth-order valence-corrected chi connectivity index (χ4v) is 5.82. The lowest BCUT2D eigenvalue weighted by Gasteiger charge is -2.43. The number of hydrogen-bond donors (Lipinski definition) is 0. The van der Waals surface area contributed by atoms with Gasteiger partial charge in [0.25, 0.3) is 5.78 Å². The highest BCUT2D eigenvalue weighted by Crippen LogP contribution is 2.45. The Labute approximate surface area is 217 Å². The number of aromatic nitrogens is 5. The largest absolute Gasteiger partial charge is 0.492 e. The molecule has 2 atom stereocenters. The van der Waals surface area contributed by atoms with Crippen LogP contribution in [0.15, 0.2) is 24.7 Å². The number of pyridine rings is 1. The van der Waals surface area contributed by atoms with Gasteiger partial charge in [-0.05, 0) is 69.1 Å². The molecule has 0 radical (unpaired) electrons. The van der Waals surface area contributed by atoms with Gasteiger partial charge in [0.2, 0.25) is 0 Å². The van der Waals surface area contributed by atoms with Crippen LogP contribution in [0.5, 0.6) is 5.75 Å². The molecule has 0 spiro atoms. The maximum absolute atomic E-state index is 13.5. The summed E-state index contributed by atoms with van der Waals surface area (Å²) >= 11 is 0. The van der Waals surface area contributed by atoms with E-state index in [4.69, 9.17) is 9.47 Å². The molecule has 0 N–H and O–H groups in total. The highest BCUT2D eigenvalue weighted by molar-refractivity contribution is 6.01. The molecule has 196 valence electrons. The number of carbonyl (C=O) groups is 2. The SMILES string of the molecule is CCOc1cnc(CC)cc1CCC1(C2CCCC2)CC(=O)C(Cc2nc3ncc(C)cn3n2)C(=O)O1. The molecule has 1 saturated heterocycles. The van der Waals surface area contributed by atoms with Crippen molar-refractivity contribution in [1.29, 1.82) is 0 Å². The molecule has 5 rings (SSSR count). The molecular formula is C28H35N5O4. The predicted octanol–water partition coefficient (Wildman–Crippen LogP) is 4.03. The van der Waals surface area contributed by atoms with Crippen molar-refractivity contribution in [3.8, 4) is 5.75 Å². The van der Waals surface area contributed by atoms with E-state index in [1.165, 1.54) is 0 Å². The number of ketones is 1. The quantitative estimate of drug-likeness (QED) is 0.317. The van der Waals surface area contributed by atoms with Crippen LogP contribution in [0.1, 0.15) is 75.0 Å². The average Bonchev–Trinajstić information content (AvgIpc) is 3.56. The van der Waals surface area contributed by atoms with Crippen molar-refractivity contribution < 1.29 is 19.1 Å². The normalized spacial score (nSPS) is 22.5. The number of hydrogen-bond acceptors (Lipinski definition) is 8. The molecule has 1 aliphatic carbocycles. The van der Waals surface area contributed by atoms with E-state index >= 15 is 0 Å². The Morgan fingerprint density at radius 2 is 1.97 bits per heavy atom. The molecule has 37 heavy (non-hydrogen) atoms. The molecule has 9 heteroatoms. The van der Waals surface area contributed by atoms with E-state index in [-0.39, 0.29) is 24.5 Å². The Balaban J connectivity index is 1.37. The Bertz CT molecular complexity index is 1280. The molecule has 3 aromatic rings. The Morgan fingerprint density at radius 1 is 1.16 bits per heavy atom. The van der Waals surface area contributed by atoms with Crippen molar-refractivity contribution in [2.75, 3.05) is 6.61 Å². The first-order chi connectivity index (χ1) is 17.9. The maximum Gasteiger partial charge on any atom is 0.317 e. The van der Waals surface area contributed by atoms with E-state index in [9.17, 15) is 9.59 Å². The minimum Gasteiger partial charge on any atom is -0.492 e. The summed E-state index contributed by atoms with van der Waals surface area (Å²) in [7, 11) is 0. The van der Waals surface area contributed by atoms with Gasteiger partial charge in [0.05, 0.1) is 12.8 Å². The Kier molecular flexibility index (Phi) is 7.22. The smallest absolute Gasteiger partial charge is 0.317 e. The van der Waals surface area contributed by atoms with Crippen LogP contribution in [-0.4, -0.2) is 48.5 Å². The van der Waals surface area contributed by atoms with Crippen molar-refractivity contribution in [3.63, 3.8) is 0 Å². The maximum atomic E-state index is 13.5. The van der Waals surface area contributed by atoms with Gasteiger partial charge in [-0.15, -0.1) is 5.10 Å². The van der Waals surface area contributed by atoms with E-state index in [1.54, 1.807) is 16.9 Å². The lowest BCUT2D eigenvalue weighted by molar-refractivity contribution is -0.185. The van der Waals surface area contributed by atoms with Gasteiger partial charge in [-0.25, -0.2) is 9.50 Å². The summed E-state index contributed by atoms with van der Waals surface area (Å²) < 4.78 is 13.7. The van der Waals surface area contributed by atoms with Crippen LogP contribution >= 0.6 is 0 Å². The van der Waals surface area contributed by atoms with Crippen molar-refractivity contribution in [3.05, 3.63) is 47.3 Å². The summed E-state index contributed by atoms with van der Waals surface area (Å²) in [6, 6.07) is 2.08. The topological polar surface area (TPSA) is 109 Å². The third-order valence-corrected chi connectivity index (χ3v) is 7.79. The summed E-state index contributed by atoms with van der Waals surface area (Å²) in [6.07, 6.45) is 11.9. The molecule has 1 saturated carbocycles. The van der Waals surface area contributed by atoms with Crippen LogP contribution in [0, 0.1) is 18.8 Å². The predicted molar refractivity (Wildman–Crippen MR) is 136 cm³/mol. The second kappa shape index (κ2) is 10.6. The van der Waals surface area contributed by atoms with E-state index in [0.29, 0.717) is 31.1 Å². The summed E-state index contributed by atoms with van der Waals surface area (Å²) in [6.45, 7) is 6.50. The summed E-state index contributed by atoms with van der Waals surface area (Å²) in [5.41, 5.74) is 2.21. The van der Waals surface area contributed by atoms with Gasteiger partial charge < -0.3 is 9.47 Å². The second-order valence-electron chi connectivity index (χ2n) is 10.3. The van der Waals surface area contributed by atoms with E-state index in [1.807, 2.05) is 20.0 Å². The second-order valence-corrected chi connectivity index (χ2v) is 10.3. The fourth-order valence-electron chi connectivity index (χ4n) is 5.82. The van der Waals surface area contributed by atoms with Crippen LogP contribution in [0.25, 0.3) is 5.78 Å². The molecule has 2 unspecified atom stereocenters. The molecule has 0 bridgehead atoms. The lowest BCUT2D eigenvalue weighted by Crippen LogP contribution is -2.52. The van der Waals surface area contributed by atoms with Crippen molar-refractivity contribution in [1.82, 2.24) is 24.6 Å². The summed E-state index contributed by atoms with van der Waals surface area (Å²) in [4.78, 5) is 40.1. The van der Waals surface area contributed by atoms with Crippen molar-refractivity contribution in [2.45, 2.75) is 84.2 Å². The molecular weight excluding hydrogens is 470 g/mol. The Hall–Kier alpha value is -3.36. The molecule has 4 heterocycles. The van der Waals surface area contributed by atoms with Crippen LogP contribution in [0.4, 0.5) is 0 Å². The summed E-state index contributed by atoms with van der Waals surface area (Å²) in [5, 5.41) is 4.43. The molecule has 3 aromatic heterocycles. The number of esters is 1. The lowest BCUT2D eigenvalue weighted by atomic mass is 9.73. The number of carbonyl (C=O) groups excluding carboxylic acids is 2. The zero-order chi connectivity index (χ0) is 26.0. The first-order valence-electron chi connectivity index (χ1n) is 13.4. The van der Waals surface area contributed by atoms with Crippen LogP contribution in [0.3, 0.4) is 0 Å². The monoisotopic (exact) mass is 505 g/mol. The number of rotatable bonds is 9. The molecule has 2 aliphatic rings. The van der Waals surface area contributed by atoms with Gasteiger partial charge >= 0.3 is 5.97 Å². The molecule has 1 aliphatic heterocycles. The number of ether oxygens (including phenoxy) is 2. The van der Waals surface area contributed by atoms with Gasteiger partial charge in [-0.1, -0.05) is 19.8 Å². The number of nitrogens with zero attached hydrogens (tertiary/aromatic N) is 5. The van der Waals surface area contributed by atoms with Crippen LogP contribution in [0.2, 0.25) is 0 Å². The molecule has 9 nitrogen and oxygen atoms in total. The minimum absolute atomic E-state index is 0.0832. The third-order valence-electron chi connectivity index (χ3n) is 7.79. The highest BCUT2D eigenvalue weighted by atomic mass is 16.6. The first-order valence-corrected chi connectivity index (χ1v) is 13.4. The van der Waals surface area contributed by atoms with Gasteiger partial charge in [0, 0.05) is 30.9 Å². The van der Waals surface area contributed by atoms with Crippen LogP contribution < -0.4 is 4.74 Å². The number of aryl methyl sites for hydroxylation is 3. The van der Waals surface area contributed by atoms with E-state index in [0.717, 1.165) is 54.7 Å². The third kappa shape index (κ3) is 5.22. The molecule has 0 aromatic carbocycles. The van der Waals surface area contributed by atoms with E-state index < -0.39 is 17.5 Å². The summed E-state index contributed by atoms with van der Waals surface area (Å²) in [5.74, 6) is 0.387. The highest BCUT2D eigenvalue weighted by Gasteiger charge is 2.51. The molecule has 0 amide bonds. The number of Topliss-reactive ketones (excluding diaryl/α,β-unsaturated/α-hetero) is 1. The fraction of sp³-hybridized carbons (Fsp3) is 0.571. The van der Waals surface area contributed by atoms with Crippen molar-refractivity contribution in [2.24, 2.45) is 11.8 Å². The first kappa shape index (κ1) is 25.3. The standard InChI is InChI=1S/C28H35N5O4/c1-4-21-12-19(24(16-29-21)36-5-2)10-11-28(20-8-6-7-9-20)14-23(34)22(26(35)37-28)13-25-31-27-30-15-18(3)17-33(27)32-25/h12,15-17,20,22H,4-11,13-14H2,1-3H3. The van der Waals surface area contributed by atoms with Gasteiger partial charge in [-0.2, -0.15) is 4.98 Å². The average molecular weight is 506 g/mol. The minimum atomic E-state index is -0.889. The Morgan fingerprint density at radius 3 is 2.70 bits per heavy atom.